The summed E-state index contributed by atoms with van der Waals surface area (Å²) in [6.45, 7) is 0.791. The predicted molar refractivity (Wildman–Crippen MR) is 114 cm³/mol. The van der Waals surface area contributed by atoms with Gasteiger partial charge in [-0.15, -0.1) is 11.8 Å². The Hall–Kier alpha value is -2.02. The van der Waals surface area contributed by atoms with Crippen molar-refractivity contribution in [2.24, 2.45) is 28.6 Å². The van der Waals surface area contributed by atoms with Crippen molar-refractivity contribution in [2.45, 2.75) is 44.3 Å². The van der Waals surface area contributed by atoms with E-state index in [0.717, 1.165) is 35.6 Å². The second kappa shape index (κ2) is 6.49. The highest BCUT2D eigenvalue weighted by molar-refractivity contribution is 7.99. The Morgan fingerprint density at radius 1 is 1.23 bits per heavy atom. The van der Waals surface area contributed by atoms with Gasteiger partial charge in [-0.2, -0.15) is 0 Å². The second-order valence-electron chi connectivity index (χ2n) is 10.2. The van der Waals surface area contributed by atoms with Gasteiger partial charge in [-0.3, -0.25) is 14.0 Å². The van der Waals surface area contributed by atoms with E-state index in [2.05, 4.69) is 10.3 Å². The molecule has 2 N–H and O–H groups in total. The molecule has 2 aromatic rings. The van der Waals surface area contributed by atoms with E-state index in [1.54, 1.807) is 0 Å². The number of amides is 1. The summed E-state index contributed by atoms with van der Waals surface area (Å²) in [6.07, 6.45) is 10.1. The van der Waals surface area contributed by atoms with Crippen molar-refractivity contribution >= 4 is 29.3 Å². The van der Waals surface area contributed by atoms with Crippen LogP contribution in [0.25, 0.3) is 5.65 Å². The number of carbonyl (C=O) groups is 2. The van der Waals surface area contributed by atoms with E-state index in [1.165, 1.54) is 50.3 Å². The van der Waals surface area contributed by atoms with Crippen molar-refractivity contribution in [3.8, 4) is 0 Å². The molecule has 3 bridgehead atoms. The van der Waals surface area contributed by atoms with Crippen LogP contribution in [0.5, 0.6) is 0 Å². The van der Waals surface area contributed by atoms with Crippen molar-refractivity contribution in [1.29, 1.82) is 0 Å². The van der Waals surface area contributed by atoms with E-state index in [1.807, 2.05) is 28.8 Å². The number of hydrogen-bond donors (Lipinski definition) is 2. The number of carboxylic acid groups (broad SMARTS) is 1. The normalized spacial score (nSPS) is 35.4. The minimum atomic E-state index is -0.828. The molecular formula is C23H27N3O3S. The van der Waals surface area contributed by atoms with Crippen LogP contribution in [-0.2, 0) is 10.5 Å². The van der Waals surface area contributed by atoms with E-state index in [9.17, 15) is 9.59 Å². The lowest BCUT2D eigenvalue weighted by atomic mass is 9.55. The molecule has 6 rings (SSSR count). The molecule has 5 atom stereocenters. The highest BCUT2D eigenvalue weighted by Gasteiger charge is 2.70. The molecule has 4 aliphatic carbocycles. The van der Waals surface area contributed by atoms with Gasteiger partial charge < -0.3 is 10.4 Å². The molecule has 6 nitrogen and oxygen atoms in total. The standard InChI is InChI=1S/C23H27N3O3S/c27-20(28)11-30-10-17-9-26-18(2-1-3-19(26)25-17)21(29)24-13-22-6-14-4-15-5-16(8-22)23(15,7-14)12-22/h1-3,9,14-16H,4-8,10-13H2,(H,24,29)(H,27,28). The van der Waals surface area contributed by atoms with Crippen molar-refractivity contribution < 1.29 is 14.7 Å². The number of nitrogens with one attached hydrogen (secondary N) is 1. The molecule has 1 spiro atoms. The van der Waals surface area contributed by atoms with Crippen molar-refractivity contribution in [1.82, 2.24) is 14.7 Å². The summed E-state index contributed by atoms with van der Waals surface area (Å²) in [7, 11) is 0. The zero-order valence-corrected chi connectivity index (χ0v) is 17.8. The Kier molecular flexibility index (Phi) is 4.05. The first-order valence-electron chi connectivity index (χ1n) is 11.0. The lowest BCUT2D eigenvalue weighted by Gasteiger charge is -2.49. The fourth-order valence-corrected chi connectivity index (χ4v) is 8.29. The second-order valence-corrected chi connectivity index (χ2v) is 11.2. The minimum Gasteiger partial charge on any atom is -0.481 e. The first-order valence-corrected chi connectivity index (χ1v) is 12.2. The van der Waals surface area contributed by atoms with Crippen LogP contribution < -0.4 is 5.32 Å². The largest absolute Gasteiger partial charge is 0.481 e. The molecule has 4 aliphatic rings. The highest BCUT2D eigenvalue weighted by atomic mass is 32.2. The number of aliphatic carboxylic acids is 1. The predicted octanol–water partition coefficient (Wildman–Crippen LogP) is 3.60. The van der Waals surface area contributed by atoms with Gasteiger partial charge in [0.2, 0.25) is 0 Å². The third-order valence-corrected chi connectivity index (χ3v) is 9.41. The molecule has 1 amide bonds. The topological polar surface area (TPSA) is 83.7 Å². The third kappa shape index (κ3) is 2.74. The fraction of sp³-hybridized carbons (Fsp3) is 0.609. The van der Waals surface area contributed by atoms with Crippen LogP contribution >= 0.6 is 11.8 Å². The summed E-state index contributed by atoms with van der Waals surface area (Å²) in [4.78, 5) is 28.4. The Morgan fingerprint density at radius 2 is 2.13 bits per heavy atom. The molecular weight excluding hydrogens is 398 g/mol. The van der Waals surface area contributed by atoms with Crippen LogP contribution in [0.2, 0.25) is 0 Å². The van der Waals surface area contributed by atoms with Gasteiger partial charge in [0, 0.05) is 18.5 Å². The quantitative estimate of drug-likeness (QED) is 0.708. The Bertz CT molecular complexity index is 1050. The Morgan fingerprint density at radius 3 is 3.00 bits per heavy atom. The van der Waals surface area contributed by atoms with Crippen LogP contribution in [0.15, 0.2) is 24.4 Å². The van der Waals surface area contributed by atoms with Crippen LogP contribution in [-0.4, -0.2) is 38.7 Å². The molecule has 5 unspecified atom stereocenters. The molecule has 0 aromatic carbocycles. The number of rotatable bonds is 7. The Labute approximate surface area is 179 Å². The zero-order chi connectivity index (χ0) is 20.5. The average molecular weight is 426 g/mol. The number of carbonyl (C=O) groups excluding carboxylic acids is 1. The van der Waals surface area contributed by atoms with Gasteiger partial charge >= 0.3 is 5.97 Å². The smallest absolute Gasteiger partial charge is 0.313 e. The number of pyridine rings is 1. The van der Waals surface area contributed by atoms with E-state index >= 15 is 0 Å². The molecule has 4 fully saturated rings. The van der Waals surface area contributed by atoms with Gasteiger partial charge in [0.25, 0.3) is 5.91 Å². The number of fused-ring (bicyclic) bond motifs is 3. The lowest BCUT2D eigenvalue weighted by Crippen LogP contribution is -2.43. The monoisotopic (exact) mass is 425 g/mol. The minimum absolute atomic E-state index is 0.0386. The fourth-order valence-electron chi connectivity index (χ4n) is 7.66. The van der Waals surface area contributed by atoms with Gasteiger partial charge in [0.05, 0.1) is 11.4 Å². The van der Waals surface area contributed by atoms with E-state index in [-0.39, 0.29) is 11.7 Å². The number of nitrogens with zero attached hydrogens (tertiary/aromatic N) is 2. The summed E-state index contributed by atoms with van der Waals surface area (Å²) in [6, 6.07) is 5.59. The zero-order valence-electron chi connectivity index (χ0n) is 17.0. The number of hydrogen-bond acceptors (Lipinski definition) is 4. The average Bonchev–Trinajstić information content (AvgIpc) is 3.26. The molecule has 0 radical (unpaired) electrons. The highest BCUT2D eigenvalue weighted by Crippen LogP contribution is 2.78. The van der Waals surface area contributed by atoms with Gasteiger partial charge in [-0.05, 0) is 79.2 Å². The van der Waals surface area contributed by atoms with Crippen LogP contribution in [0.3, 0.4) is 0 Å². The van der Waals surface area contributed by atoms with E-state index in [0.29, 0.717) is 22.3 Å². The van der Waals surface area contributed by atoms with Crippen LogP contribution in [0.4, 0.5) is 0 Å². The summed E-state index contributed by atoms with van der Waals surface area (Å²) >= 11 is 1.31. The van der Waals surface area contributed by atoms with Gasteiger partial charge in [-0.25, -0.2) is 4.98 Å². The maximum atomic E-state index is 13.1. The summed E-state index contributed by atoms with van der Waals surface area (Å²) in [5.74, 6) is 2.47. The number of imidazole rings is 1. The van der Waals surface area contributed by atoms with Gasteiger partial charge in [0.15, 0.2) is 0 Å². The first-order chi connectivity index (χ1) is 14.5. The van der Waals surface area contributed by atoms with Crippen molar-refractivity contribution in [3.05, 3.63) is 35.8 Å². The molecule has 0 aliphatic heterocycles. The summed E-state index contributed by atoms with van der Waals surface area (Å²) in [5, 5.41) is 12.1. The molecule has 7 heteroatoms. The molecule has 0 saturated heterocycles. The summed E-state index contributed by atoms with van der Waals surface area (Å²) in [5.41, 5.74) is 3.07. The molecule has 158 valence electrons. The van der Waals surface area contributed by atoms with Crippen molar-refractivity contribution in [2.75, 3.05) is 12.3 Å². The first kappa shape index (κ1) is 18.7. The number of carboxylic acids is 1. The third-order valence-electron chi connectivity index (χ3n) is 8.46. The number of aromatic nitrogens is 2. The van der Waals surface area contributed by atoms with Crippen LogP contribution in [0, 0.1) is 28.6 Å². The van der Waals surface area contributed by atoms with Gasteiger partial charge in [0.1, 0.15) is 11.3 Å². The Balaban J connectivity index is 1.17. The maximum Gasteiger partial charge on any atom is 0.313 e. The SMILES string of the molecule is O=C(O)CSCc1cn2c(C(=O)NCC34CC5CC6CC(C3)C6(C5)C4)cccc2n1. The van der Waals surface area contributed by atoms with E-state index < -0.39 is 5.97 Å². The molecule has 2 heterocycles. The van der Waals surface area contributed by atoms with Gasteiger partial charge in [-0.1, -0.05) is 6.07 Å². The van der Waals surface area contributed by atoms with Crippen molar-refractivity contribution in [3.63, 3.8) is 0 Å². The maximum absolute atomic E-state index is 13.1. The molecule has 2 aromatic heterocycles. The van der Waals surface area contributed by atoms with Crippen LogP contribution in [0.1, 0.15) is 54.7 Å². The summed E-state index contributed by atoms with van der Waals surface area (Å²) < 4.78 is 1.83. The number of thioether (sulfide) groups is 1. The van der Waals surface area contributed by atoms with E-state index in [4.69, 9.17) is 5.11 Å². The molecule has 4 saturated carbocycles. The lowest BCUT2D eigenvalue weighted by molar-refractivity contribution is -0.133. The molecule has 30 heavy (non-hydrogen) atoms.